The summed E-state index contributed by atoms with van der Waals surface area (Å²) >= 11 is 0. The Morgan fingerprint density at radius 2 is 1.74 bits per heavy atom. The van der Waals surface area contributed by atoms with E-state index in [1.807, 2.05) is 32.0 Å². The minimum absolute atomic E-state index is 0.0428. The summed E-state index contributed by atoms with van der Waals surface area (Å²) < 4.78 is 0. The van der Waals surface area contributed by atoms with Crippen LogP contribution in [0.5, 0.6) is 0 Å². The van der Waals surface area contributed by atoms with Gasteiger partial charge in [0.1, 0.15) is 0 Å². The first-order valence-corrected chi connectivity index (χ1v) is 6.86. The first kappa shape index (κ1) is 15.6. The smallest absolute Gasteiger partial charge is 0.159 e. The quantitative estimate of drug-likeness (QED) is 0.728. The van der Waals surface area contributed by atoms with Crippen LogP contribution in [0.3, 0.4) is 0 Å². The van der Waals surface area contributed by atoms with Crippen molar-refractivity contribution in [3.63, 3.8) is 0 Å². The highest BCUT2D eigenvalue weighted by Crippen LogP contribution is 2.15. The summed E-state index contributed by atoms with van der Waals surface area (Å²) in [6, 6.07) is 8.38. The Hall–Kier alpha value is -1.41. The number of ketones is 1. The maximum Gasteiger partial charge on any atom is 0.159 e. The van der Waals surface area contributed by atoms with Crippen LogP contribution in [0.2, 0.25) is 0 Å². The molecule has 1 rings (SSSR count). The molecule has 1 aromatic rings. The molecule has 1 atom stereocenters. The molecule has 0 radical (unpaired) electrons. The van der Waals surface area contributed by atoms with Crippen LogP contribution >= 0.6 is 0 Å². The zero-order chi connectivity index (χ0) is 14.4. The van der Waals surface area contributed by atoms with Gasteiger partial charge in [-0.3, -0.25) is 4.79 Å². The topological polar surface area (TPSA) is 20.3 Å². The molecule has 0 saturated heterocycles. The molecule has 0 bridgehead atoms. The standard InChI is InChI=1S/C17H25NO/c1-13(2)16-9-6-15(7-10-16)8-11-17(19)14(3)12-18(4)5/h6-11,13-14H,12H2,1-5H3. The number of allylic oxidation sites excluding steroid dienone is 1. The van der Waals surface area contributed by atoms with Gasteiger partial charge in [0.25, 0.3) is 0 Å². The first-order valence-electron chi connectivity index (χ1n) is 6.86. The summed E-state index contributed by atoms with van der Waals surface area (Å²) in [5.41, 5.74) is 2.40. The third-order valence-corrected chi connectivity index (χ3v) is 3.17. The van der Waals surface area contributed by atoms with E-state index in [0.717, 1.165) is 12.1 Å². The van der Waals surface area contributed by atoms with E-state index in [-0.39, 0.29) is 11.7 Å². The van der Waals surface area contributed by atoms with Crippen LogP contribution in [-0.2, 0) is 4.79 Å². The maximum atomic E-state index is 11.9. The van der Waals surface area contributed by atoms with Crippen LogP contribution in [-0.4, -0.2) is 31.3 Å². The summed E-state index contributed by atoms with van der Waals surface area (Å²) in [5.74, 6) is 0.766. The Morgan fingerprint density at radius 3 is 2.21 bits per heavy atom. The molecule has 0 aliphatic rings. The van der Waals surface area contributed by atoms with E-state index < -0.39 is 0 Å². The lowest BCUT2D eigenvalue weighted by Gasteiger charge is -2.13. The van der Waals surface area contributed by atoms with Gasteiger partial charge in [0, 0.05) is 12.5 Å². The Morgan fingerprint density at radius 1 is 1.16 bits per heavy atom. The van der Waals surface area contributed by atoms with Crippen LogP contribution in [0.4, 0.5) is 0 Å². The molecule has 0 aliphatic carbocycles. The molecule has 0 aromatic heterocycles. The summed E-state index contributed by atoms with van der Waals surface area (Å²) in [6.45, 7) is 7.11. The van der Waals surface area contributed by atoms with Crippen molar-refractivity contribution < 1.29 is 4.79 Å². The Labute approximate surface area is 117 Å². The van der Waals surface area contributed by atoms with Crippen molar-refractivity contribution >= 4 is 11.9 Å². The van der Waals surface area contributed by atoms with Crippen LogP contribution in [0, 0.1) is 5.92 Å². The number of nitrogens with zero attached hydrogens (tertiary/aromatic N) is 1. The molecule has 0 heterocycles. The molecule has 19 heavy (non-hydrogen) atoms. The van der Waals surface area contributed by atoms with Gasteiger partial charge in [-0.25, -0.2) is 0 Å². The zero-order valence-electron chi connectivity index (χ0n) is 12.7. The second-order valence-corrected chi connectivity index (χ2v) is 5.72. The van der Waals surface area contributed by atoms with E-state index in [1.54, 1.807) is 6.08 Å². The summed E-state index contributed by atoms with van der Waals surface area (Å²) in [5, 5.41) is 0. The number of carbonyl (C=O) groups is 1. The fraction of sp³-hybridized carbons (Fsp3) is 0.471. The predicted octanol–water partition coefficient (Wildman–Crippen LogP) is 3.59. The van der Waals surface area contributed by atoms with Crippen molar-refractivity contribution in [1.29, 1.82) is 0 Å². The number of benzene rings is 1. The van der Waals surface area contributed by atoms with Gasteiger partial charge in [-0.05, 0) is 37.2 Å². The number of hydrogen-bond donors (Lipinski definition) is 0. The van der Waals surface area contributed by atoms with E-state index in [0.29, 0.717) is 5.92 Å². The third kappa shape index (κ3) is 5.39. The Balaban J connectivity index is 2.63. The van der Waals surface area contributed by atoms with Gasteiger partial charge in [-0.2, -0.15) is 0 Å². The zero-order valence-corrected chi connectivity index (χ0v) is 12.7. The van der Waals surface area contributed by atoms with E-state index in [4.69, 9.17) is 0 Å². The van der Waals surface area contributed by atoms with E-state index in [9.17, 15) is 4.79 Å². The lowest BCUT2D eigenvalue weighted by molar-refractivity contribution is -0.118. The van der Waals surface area contributed by atoms with Gasteiger partial charge in [-0.15, -0.1) is 0 Å². The molecule has 0 saturated carbocycles. The van der Waals surface area contributed by atoms with E-state index >= 15 is 0 Å². The van der Waals surface area contributed by atoms with Gasteiger partial charge >= 0.3 is 0 Å². The van der Waals surface area contributed by atoms with Crippen LogP contribution in [0.25, 0.3) is 6.08 Å². The third-order valence-electron chi connectivity index (χ3n) is 3.17. The fourth-order valence-electron chi connectivity index (χ4n) is 1.97. The van der Waals surface area contributed by atoms with Gasteiger partial charge < -0.3 is 4.90 Å². The Bertz CT molecular complexity index is 429. The number of hydrogen-bond acceptors (Lipinski definition) is 2. The molecule has 0 amide bonds. The van der Waals surface area contributed by atoms with Gasteiger partial charge in [0.05, 0.1) is 0 Å². The minimum Gasteiger partial charge on any atom is -0.309 e. The summed E-state index contributed by atoms with van der Waals surface area (Å²) in [6.07, 6.45) is 3.59. The molecule has 0 aliphatic heterocycles. The number of carbonyl (C=O) groups excluding carboxylic acids is 1. The highest BCUT2D eigenvalue weighted by molar-refractivity contribution is 5.95. The van der Waals surface area contributed by atoms with Crippen molar-refractivity contribution in [2.24, 2.45) is 5.92 Å². The molecule has 2 nitrogen and oxygen atoms in total. The molecule has 104 valence electrons. The molecule has 2 heteroatoms. The average molecular weight is 259 g/mol. The Kier molecular flexibility index (Phi) is 5.97. The minimum atomic E-state index is 0.0428. The van der Waals surface area contributed by atoms with Crippen LogP contribution in [0.15, 0.2) is 30.3 Å². The second kappa shape index (κ2) is 7.25. The van der Waals surface area contributed by atoms with Crippen LogP contribution < -0.4 is 0 Å². The summed E-state index contributed by atoms with van der Waals surface area (Å²) in [4.78, 5) is 13.9. The fourth-order valence-corrected chi connectivity index (χ4v) is 1.97. The normalized spacial score (nSPS) is 13.4. The second-order valence-electron chi connectivity index (χ2n) is 5.72. The van der Waals surface area contributed by atoms with E-state index in [2.05, 4.69) is 38.1 Å². The van der Waals surface area contributed by atoms with E-state index in [1.165, 1.54) is 5.56 Å². The van der Waals surface area contributed by atoms with Crippen molar-refractivity contribution in [2.45, 2.75) is 26.7 Å². The largest absolute Gasteiger partial charge is 0.309 e. The van der Waals surface area contributed by atoms with Crippen molar-refractivity contribution in [2.75, 3.05) is 20.6 Å². The molecule has 0 spiro atoms. The number of rotatable bonds is 6. The lowest BCUT2D eigenvalue weighted by Crippen LogP contribution is -2.24. The maximum absolute atomic E-state index is 11.9. The monoisotopic (exact) mass is 259 g/mol. The molecular formula is C17H25NO. The van der Waals surface area contributed by atoms with Gasteiger partial charge in [0.2, 0.25) is 0 Å². The highest BCUT2D eigenvalue weighted by atomic mass is 16.1. The van der Waals surface area contributed by atoms with Crippen LogP contribution in [0.1, 0.15) is 37.8 Å². The SMILES string of the molecule is CC(CN(C)C)C(=O)C=Cc1ccc(C(C)C)cc1. The van der Waals surface area contributed by atoms with Crippen molar-refractivity contribution in [1.82, 2.24) is 4.90 Å². The molecule has 1 aromatic carbocycles. The predicted molar refractivity (Wildman–Crippen MR) is 82.3 cm³/mol. The average Bonchev–Trinajstić information content (AvgIpc) is 2.35. The van der Waals surface area contributed by atoms with Gasteiger partial charge in [-0.1, -0.05) is 51.1 Å². The highest BCUT2D eigenvalue weighted by Gasteiger charge is 2.10. The molecule has 0 fully saturated rings. The lowest BCUT2D eigenvalue weighted by atomic mass is 10.0. The molecule has 1 unspecified atom stereocenters. The van der Waals surface area contributed by atoms with Gasteiger partial charge in [0.15, 0.2) is 5.78 Å². The first-order chi connectivity index (χ1) is 8.90. The molecular weight excluding hydrogens is 234 g/mol. The van der Waals surface area contributed by atoms with Crippen molar-refractivity contribution in [3.05, 3.63) is 41.5 Å². The summed E-state index contributed by atoms with van der Waals surface area (Å²) in [7, 11) is 3.97. The van der Waals surface area contributed by atoms with Crippen molar-refractivity contribution in [3.8, 4) is 0 Å². The molecule has 0 N–H and O–H groups in total.